The minimum Gasteiger partial charge on any atom is -0.481 e. The number of ether oxygens (including phenoxy) is 2. The summed E-state index contributed by atoms with van der Waals surface area (Å²) < 4.78 is 10.9. The van der Waals surface area contributed by atoms with Crippen LogP contribution in [0.15, 0.2) is 24.3 Å². The molecular weight excluding hydrogens is 621 g/mol. The van der Waals surface area contributed by atoms with Crippen molar-refractivity contribution >= 4 is 70.8 Å². The van der Waals surface area contributed by atoms with Gasteiger partial charge in [-0.15, -0.1) is 0 Å². The predicted molar refractivity (Wildman–Crippen MR) is 156 cm³/mol. The van der Waals surface area contributed by atoms with Gasteiger partial charge in [0.05, 0.1) is 55.1 Å². The summed E-state index contributed by atoms with van der Waals surface area (Å²) in [4.78, 5) is 80.6. The summed E-state index contributed by atoms with van der Waals surface area (Å²) in [6.07, 6.45) is 0.842. The summed E-state index contributed by atoms with van der Waals surface area (Å²) in [5, 5.41) is 48.4. The molecule has 0 fully saturated rings. The van der Waals surface area contributed by atoms with Crippen molar-refractivity contribution in [1.82, 2.24) is 0 Å². The molecule has 0 bridgehead atoms. The zero-order valence-electron chi connectivity index (χ0n) is 26.7. The van der Waals surface area contributed by atoms with Gasteiger partial charge >= 0.3 is 70.8 Å². The fourth-order valence-corrected chi connectivity index (χ4v) is 2.65. The molecule has 0 unspecified atom stereocenters. The smallest absolute Gasteiger partial charge is 0.481 e. The molecule has 0 amide bonds. The molecule has 0 aliphatic heterocycles. The molecule has 0 saturated heterocycles. The summed E-state index contributed by atoms with van der Waals surface area (Å²) in [5.41, 5.74) is 0. The number of nitrogens with zero attached hydrogens (tertiary/aromatic N) is 2. The van der Waals surface area contributed by atoms with Gasteiger partial charge in [0.2, 0.25) is 0 Å². The molecule has 0 aromatic heterocycles. The van der Waals surface area contributed by atoms with Crippen LogP contribution in [0.3, 0.4) is 0 Å². The van der Waals surface area contributed by atoms with Crippen LogP contribution >= 0.6 is 0 Å². The van der Waals surface area contributed by atoms with Gasteiger partial charge in [0.15, 0.2) is 12.2 Å². The Kier molecular flexibility index (Phi) is 29.6. The zero-order chi connectivity index (χ0) is 35.8. The first-order valence-corrected chi connectivity index (χ1v) is 12.3. The first-order valence-electron chi connectivity index (χ1n) is 12.3. The largest absolute Gasteiger partial charge is 2.00 e. The number of rotatable bonds is 14. The van der Waals surface area contributed by atoms with Gasteiger partial charge in [0, 0.05) is 38.2 Å². The molecule has 0 aromatic carbocycles. The predicted octanol–water partition coefficient (Wildman–Crippen LogP) is -0.759. The number of esters is 2. The third kappa shape index (κ3) is 56.3. The summed E-state index contributed by atoms with van der Waals surface area (Å²) in [5.74, 6) is -7.82. The molecule has 6 N–H and O–H groups in total. The number of aliphatic carboxylic acids is 6. The Morgan fingerprint density at radius 2 is 0.711 bits per heavy atom. The van der Waals surface area contributed by atoms with E-state index in [1.54, 1.807) is 0 Å². The van der Waals surface area contributed by atoms with Crippen LogP contribution in [0.25, 0.3) is 0 Å². The van der Waals surface area contributed by atoms with Crippen LogP contribution in [0, 0.1) is 0 Å². The van der Waals surface area contributed by atoms with Crippen LogP contribution in [0.1, 0.15) is 26.7 Å². The number of carboxylic acids is 6. The molecule has 2 atom stereocenters. The summed E-state index contributed by atoms with van der Waals surface area (Å²) in [6, 6.07) is 0. The summed E-state index contributed by atoms with van der Waals surface area (Å²) in [6.45, 7) is 3.55. The second kappa shape index (κ2) is 26.3. The molecule has 18 nitrogen and oxygen atoms in total. The van der Waals surface area contributed by atoms with Crippen molar-refractivity contribution in [3.05, 3.63) is 24.3 Å². The van der Waals surface area contributed by atoms with Crippen molar-refractivity contribution in [2.24, 2.45) is 0 Å². The van der Waals surface area contributed by atoms with Crippen LogP contribution < -0.4 is 0 Å². The van der Waals surface area contributed by atoms with E-state index in [2.05, 4.69) is 0 Å². The van der Waals surface area contributed by atoms with Crippen LogP contribution in [-0.2, 0) is 47.8 Å². The summed E-state index contributed by atoms with van der Waals surface area (Å²) in [7, 11) is 11.5. The van der Waals surface area contributed by atoms with E-state index < -0.39 is 60.0 Å². The first-order chi connectivity index (χ1) is 19.7. The van der Waals surface area contributed by atoms with Gasteiger partial charge in [0.25, 0.3) is 0 Å². The molecule has 0 aromatic rings. The molecule has 0 spiro atoms. The van der Waals surface area contributed by atoms with E-state index >= 15 is 0 Å². The van der Waals surface area contributed by atoms with Crippen LogP contribution in [0.2, 0.25) is 0 Å². The molecule has 0 radical (unpaired) electrons. The standard InChI is InChI=1S/2C9H17NO4.2C4H4O4.Mg/c2*1-7(11)14-8(5-9(12)13)6-10(2,3)4;2*5-3(6)1-2-4(7)8;/h2*8H,5-6H2,1-4H3;2*1-2H,(H,5,6)(H,7,8);/q;;;;+2/p+2/b;;2*2-1+;/t2*8-;;;/m11.../s1. The van der Waals surface area contributed by atoms with Crippen molar-refractivity contribution in [2.45, 2.75) is 38.9 Å². The Morgan fingerprint density at radius 3 is 0.822 bits per heavy atom. The van der Waals surface area contributed by atoms with E-state index in [0.29, 0.717) is 46.4 Å². The minimum absolute atomic E-state index is 0. The van der Waals surface area contributed by atoms with E-state index in [9.17, 15) is 38.4 Å². The Hall–Kier alpha value is -4.07. The normalized spacial score (nSPS) is 11.7. The summed E-state index contributed by atoms with van der Waals surface area (Å²) >= 11 is 0. The Morgan fingerprint density at radius 1 is 0.511 bits per heavy atom. The Balaban J connectivity index is -0.000000162. The number of hydrogen-bond acceptors (Lipinski definition) is 10. The van der Waals surface area contributed by atoms with Crippen molar-refractivity contribution in [3.63, 3.8) is 0 Å². The molecule has 19 heteroatoms. The van der Waals surface area contributed by atoms with Gasteiger partial charge in [-0.05, 0) is 0 Å². The number of carbonyl (C=O) groups is 8. The van der Waals surface area contributed by atoms with E-state index in [1.165, 1.54) is 13.8 Å². The van der Waals surface area contributed by atoms with E-state index in [4.69, 9.17) is 40.1 Å². The SMILES string of the molecule is CC(=O)O[C@H](CC(=O)O)C[N+](C)(C)C.CC(=O)O[C@H](CC(=O)O)C[N+](C)(C)C.O=C(O)/C=C/C(=O)O.O=C(O)/C=C/C(=O)O.[Mg+2]. The molecule has 252 valence electrons. The van der Waals surface area contributed by atoms with E-state index in [-0.39, 0.29) is 35.9 Å². The van der Waals surface area contributed by atoms with Crippen LogP contribution in [0.5, 0.6) is 0 Å². The fourth-order valence-electron chi connectivity index (χ4n) is 2.65. The topological polar surface area (TPSA) is 276 Å². The van der Waals surface area contributed by atoms with Gasteiger partial charge in [-0.3, -0.25) is 19.2 Å². The van der Waals surface area contributed by atoms with Gasteiger partial charge in [0.1, 0.15) is 13.1 Å². The number of carboxylic acid groups (broad SMARTS) is 6. The van der Waals surface area contributed by atoms with Crippen molar-refractivity contribution in [3.8, 4) is 0 Å². The molecule has 0 aliphatic carbocycles. The maximum Gasteiger partial charge on any atom is 2.00 e. The molecule has 0 rings (SSSR count). The average molecular weight is 665 g/mol. The van der Waals surface area contributed by atoms with Gasteiger partial charge in [-0.1, -0.05) is 0 Å². The molecular formula is C26H44MgN2O16+4. The van der Waals surface area contributed by atoms with Gasteiger partial charge < -0.3 is 49.1 Å². The molecule has 0 heterocycles. The molecule has 45 heavy (non-hydrogen) atoms. The second-order valence-corrected chi connectivity index (χ2v) is 10.6. The molecule has 0 aliphatic rings. The zero-order valence-corrected chi connectivity index (χ0v) is 28.1. The second-order valence-electron chi connectivity index (χ2n) is 10.6. The maximum atomic E-state index is 10.7. The van der Waals surface area contributed by atoms with Gasteiger partial charge in [-0.25, -0.2) is 19.2 Å². The first kappa shape index (κ1) is 50.5. The van der Waals surface area contributed by atoms with Crippen molar-refractivity contribution in [1.29, 1.82) is 0 Å². The Bertz CT molecular complexity index is 897. The van der Waals surface area contributed by atoms with Crippen molar-refractivity contribution < 1.29 is 87.4 Å². The Labute approximate surface area is 276 Å². The van der Waals surface area contributed by atoms with Crippen LogP contribution in [-0.4, -0.2) is 178 Å². The third-order valence-corrected chi connectivity index (χ3v) is 3.71. The monoisotopic (exact) mass is 664 g/mol. The van der Waals surface area contributed by atoms with Gasteiger partial charge in [-0.2, -0.15) is 0 Å². The van der Waals surface area contributed by atoms with Crippen LogP contribution in [0.4, 0.5) is 0 Å². The number of likely N-dealkylation sites (N-methyl/N-ethyl adjacent to an activating group) is 2. The third-order valence-electron chi connectivity index (χ3n) is 3.71. The van der Waals surface area contributed by atoms with Crippen molar-refractivity contribution in [2.75, 3.05) is 55.4 Å². The minimum atomic E-state index is -1.26. The number of quaternary nitrogens is 2. The quantitative estimate of drug-likeness (QED) is 0.0576. The number of hydrogen-bond donors (Lipinski definition) is 6. The molecule has 0 saturated carbocycles. The van der Waals surface area contributed by atoms with E-state index in [0.717, 1.165) is 0 Å². The maximum absolute atomic E-state index is 10.7. The van der Waals surface area contributed by atoms with E-state index in [1.807, 2.05) is 42.3 Å². The fraction of sp³-hybridized carbons (Fsp3) is 0.538. The average Bonchev–Trinajstić information content (AvgIpc) is 2.73. The number of carbonyl (C=O) groups excluding carboxylic acids is 2.